The van der Waals surface area contributed by atoms with Crippen LogP contribution in [0.15, 0.2) is 0 Å². The summed E-state index contributed by atoms with van der Waals surface area (Å²) < 4.78 is 0. The summed E-state index contributed by atoms with van der Waals surface area (Å²) in [5, 5.41) is 3.59. The van der Waals surface area contributed by atoms with Crippen molar-refractivity contribution in [2.24, 2.45) is 0 Å². The van der Waals surface area contributed by atoms with Gasteiger partial charge in [-0.05, 0) is 45.3 Å². The first-order valence-electron chi connectivity index (χ1n) is 8.83. The van der Waals surface area contributed by atoms with Crippen molar-refractivity contribution in [1.29, 1.82) is 0 Å². The van der Waals surface area contributed by atoms with E-state index in [2.05, 4.69) is 24.1 Å². The molecule has 1 aliphatic heterocycles. The fraction of sp³-hybridized carbons (Fsp3) is 1.00. The topological polar surface area (TPSA) is 15.3 Å². The molecule has 1 rings (SSSR count). The van der Waals surface area contributed by atoms with E-state index < -0.39 is 0 Å². The van der Waals surface area contributed by atoms with Gasteiger partial charge in [0.1, 0.15) is 0 Å². The van der Waals surface area contributed by atoms with Gasteiger partial charge in [-0.2, -0.15) is 0 Å². The zero-order valence-corrected chi connectivity index (χ0v) is 13.4. The highest BCUT2D eigenvalue weighted by Crippen LogP contribution is 2.17. The summed E-state index contributed by atoms with van der Waals surface area (Å²) in [6, 6.07) is 0.826. The Balaban J connectivity index is 1.97. The quantitative estimate of drug-likeness (QED) is 0.534. The van der Waals surface area contributed by atoms with Crippen LogP contribution in [0, 0.1) is 0 Å². The zero-order valence-electron chi connectivity index (χ0n) is 13.4. The average molecular weight is 268 g/mol. The van der Waals surface area contributed by atoms with Crippen LogP contribution < -0.4 is 5.32 Å². The first-order chi connectivity index (χ1) is 9.38. The molecule has 2 nitrogen and oxygen atoms in total. The predicted molar refractivity (Wildman–Crippen MR) is 85.7 cm³/mol. The van der Waals surface area contributed by atoms with Crippen LogP contribution in [-0.2, 0) is 0 Å². The highest BCUT2D eigenvalue weighted by Gasteiger charge is 2.22. The smallest absolute Gasteiger partial charge is 0.0221 e. The largest absolute Gasteiger partial charge is 0.315 e. The van der Waals surface area contributed by atoms with Crippen LogP contribution in [0.2, 0.25) is 0 Å². The van der Waals surface area contributed by atoms with Crippen LogP contribution in [0.25, 0.3) is 0 Å². The van der Waals surface area contributed by atoms with E-state index in [1.165, 1.54) is 90.4 Å². The second-order valence-corrected chi connectivity index (χ2v) is 6.16. The molecule has 1 heterocycles. The molecular weight excluding hydrogens is 232 g/mol. The van der Waals surface area contributed by atoms with Crippen molar-refractivity contribution in [3.8, 4) is 0 Å². The minimum Gasteiger partial charge on any atom is -0.315 e. The van der Waals surface area contributed by atoms with Crippen LogP contribution in [-0.4, -0.2) is 37.1 Å². The lowest BCUT2D eigenvalue weighted by atomic mass is 10.1. The minimum atomic E-state index is 0.826. The lowest BCUT2D eigenvalue weighted by Crippen LogP contribution is -2.38. The van der Waals surface area contributed by atoms with E-state index in [0.717, 1.165) is 6.04 Å². The van der Waals surface area contributed by atoms with E-state index in [4.69, 9.17) is 0 Å². The number of hydrogen-bond acceptors (Lipinski definition) is 2. The molecular formula is C17H36N2. The van der Waals surface area contributed by atoms with E-state index in [0.29, 0.717) is 0 Å². The lowest BCUT2D eigenvalue weighted by molar-refractivity contribution is 0.242. The van der Waals surface area contributed by atoms with Crippen LogP contribution in [0.4, 0.5) is 0 Å². The summed E-state index contributed by atoms with van der Waals surface area (Å²) >= 11 is 0. The van der Waals surface area contributed by atoms with Gasteiger partial charge in [0.25, 0.3) is 0 Å². The maximum Gasteiger partial charge on any atom is 0.0221 e. The summed E-state index contributed by atoms with van der Waals surface area (Å²) in [5.74, 6) is 0. The fourth-order valence-corrected chi connectivity index (χ4v) is 3.14. The molecule has 0 bridgehead atoms. The third-order valence-electron chi connectivity index (χ3n) is 4.35. The van der Waals surface area contributed by atoms with Crippen molar-refractivity contribution in [3.05, 3.63) is 0 Å². The van der Waals surface area contributed by atoms with Gasteiger partial charge in [-0.3, -0.25) is 4.90 Å². The first kappa shape index (κ1) is 17.0. The van der Waals surface area contributed by atoms with Crippen LogP contribution in [0.3, 0.4) is 0 Å². The summed E-state index contributed by atoms with van der Waals surface area (Å²) in [6.45, 7) is 9.62. The van der Waals surface area contributed by atoms with Crippen LogP contribution in [0.1, 0.15) is 78.1 Å². The van der Waals surface area contributed by atoms with Gasteiger partial charge in [0.2, 0.25) is 0 Å². The Hall–Kier alpha value is -0.0800. The Bertz CT molecular complexity index is 194. The van der Waals surface area contributed by atoms with Crippen molar-refractivity contribution in [3.63, 3.8) is 0 Å². The number of nitrogens with zero attached hydrogens (tertiary/aromatic N) is 1. The molecule has 0 aliphatic carbocycles. The van der Waals surface area contributed by atoms with Crippen molar-refractivity contribution in [2.45, 2.75) is 84.1 Å². The predicted octanol–water partition coefficient (Wildman–Crippen LogP) is 4.20. The summed E-state index contributed by atoms with van der Waals surface area (Å²) in [7, 11) is 0. The second kappa shape index (κ2) is 11.7. The van der Waals surface area contributed by atoms with Crippen molar-refractivity contribution in [2.75, 3.05) is 26.2 Å². The van der Waals surface area contributed by atoms with E-state index >= 15 is 0 Å². The molecule has 114 valence electrons. The molecule has 1 fully saturated rings. The number of rotatable bonds is 12. The Labute approximate surface area is 121 Å². The maximum absolute atomic E-state index is 3.59. The van der Waals surface area contributed by atoms with Crippen LogP contribution in [0.5, 0.6) is 0 Å². The molecule has 1 saturated heterocycles. The van der Waals surface area contributed by atoms with Gasteiger partial charge in [-0.1, -0.05) is 52.4 Å². The van der Waals surface area contributed by atoms with Crippen molar-refractivity contribution >= 4 is 0 Å². The third kappa shape index (κ3) is 7.94. The van der Waals surface area contributed by atoms with Crippen molar-refractivity contribution in [1.82, 2.24) is 10.2 Å². The molecule has 0 spiro atoms. The molecule has 1 unspecified atom stereocenters. The number of nitrogens with one attached hydrogen (secondary N) is 1. The van der Waals surface area contributed by atoms with Gasteiger partial charge in [0, 0.05) is 12.6 Å². The Morgan fingerprint density at radius 3 is 2.42 bits per heavy atom. The van der Waals surface area contributed by atoms with E-state index in [9.17, 15) is 0 Å². The molecule has 0 saturated carbocycles. The SMILES string of the molecule is CCCCCCCCCN1CCCC1CNCCC. The van der Waals surface area contributed by atoms with Crippen LogP contribution >= 0.6 is 0 Å². The first-order valence-corrected chi connectivity index (χ1v) is 8.83. The number of likely N-dealkylation sites (tertiary alicyclic amines) is 1. The normalized spacial score (nSPS) is 20.2. The Morgan fingerprint density at radius 1 is 0.947 bits per heavy atom. The third-order valence-corrected chi connectivity index (χ3v) is 4.35. The highest BCUT2D eigenvalue weighted by molar-refractivity contribution is 4.80. The molecule has 1 N–H and O–H groups in total. The molecule has 1 atom stereocenters. The molecule has 1 aliphatic rings. The Kier molecular flexibility index (Phi) is 10.5. The van der Waals surface area contributed by atoms with Crippen molar-refractivity contribution < 1.29 is 0 Å². The van der Waals surface area contributed by atoms with E-state index in [-0.39, 0.29) is 0 Å². The Morgan fingerprint density at radius 2 is 1.68 bits per heavy atom. The van der Waals surface area contributed by atoms with E-state index in [1.807, 2.05) is 0 Å². The van der Waals surface area contributed by atoms with Gasteiger partial charge in [-0.15, -0.1) is 0 Å². The van der Waals surface area contributed by atoms with Gasteiger partial charge >= 0.3 is 0 Å². The fourth-order valence-electron chi connectivity index (χ4n) is 3.14. The van der Waals surface area contributed by atoms with Gasteiger partial charge in [-0.25, -0.2) is 0 Å². The van der Waals surface area contributed by atoms with Gasteiger partial charge < -0.3 is 5.32 Å². The number of hydrogen-bond donors (Lipinski definition) is 1. The summed E-state index contributed by atoms with van der Waals surface area (Å²) in [6.07, 6.45) is 14.1. The molecule has 0 aromatic heterocycles. The molecule has 19 heavy (non-hydrogen) atoms. The highest BCUT2D eigenvalue weighted by atomic mass is 15.2. The molecule has 0 aromatic rings. The molecule has 0 amide bonds. The monoisotopic (exact) mass is 268 g/mol. The maximum atomic E-state index is 3.59. The average Bonchev–Trinajstić information content (AvgIpc) is 2.86. The van der Waals surface area contributed by atoms with E-state index in [1.54, 1.807) is 0 Å². The second-order valence-electron chi connectivity index (χ2n) is 6.16. The standard InChI is InChI=1S/C17H36N2/c1-3-5-6-7-8-9-10-14-19-15-11-12-17(19)16-18-13-4-2/h17-18H,3-16H2,1-2H3. The lowest BCUT2D eigenvalue weighted by Gasteiger charge is -2.24. The molecule has 2 heteroatoms. The number of unbranched alkanes of at least 4 members (excludes halogenated alkanes) is 6. The molecule has 0 radical (unpaired) electrons. The summed E-state index contributed by atoms with van der Waals surface area (Å²) in [4.78, 5) is 2.73. The minimum absolute atomic E-state index is 0.826. The van der Waals surface area contributed by atoms with Gasteiger partial charge in [0.15, 0.2) is 0 Å². The summed E-state index contributed by atoms with van der Waals surface area (Å²) in [5.41, 5.74) is 0. The zero-order chi connectivity index (χ0) is 13.8. The molecule has 0 aromatic carbocycles. The van der Waals surface area contributed by atoms with Gasteiger partial charge in [0.05, 0.1) is 0 Å².